The number of benzene rings is 2. The van der Waals surface area contributed by atoms with E-state index < -0.39 is 33.8 Å². The molecule has 1 saturated heterocycles. The third-order valence-electron chi connectivity index (χ3n) is 5.88. The molecular weight excluding hydrogens is 495 g/mol. The molecule has 0 spiro atoms. The quantitative estimate of drug-likeness (QED) is 0.583. The van der Waals surface area contributed by atoms with Crippen LogP contribution >= 0.6 is 15.9 Å². The van der Waals surface area contributed by atoms with E-state index in [9.17, 15) is 21.6 Å². The smallest absolute Gasteiger partial charge is 0.402 e. The number of alkyl halides is 3. The number of rotatable bonds is 4. The largest absolute Gasteiger partial charge is 0.416 e. The molecule has 5 nitrogen and oxygen atoms in total. The minimum atomic E-state index is -4.55. The van der Waals surface area contributed by atoms with Crippen LogP contribution in [0.3, 0.4) is 0 Å². The Hall–Kier alpha value is -2.17. The highest BCUT2D eigenvalue weighted by Gasteiger charge is 2.52. The highest BCUT2D eigenvalue weighted by Crippen LogP contribution is 2.48. The predicted octanol–water partition coefficient (Wildman–Crippen LogP) is 4.65. The Balaban J connectivity index is 1.79. The molecule has 2 bridgehead atoms. The van der Waals surface area contributed by atoms with Crippen molar-refractivity contribution in [3.63, 3.8) is 0 Å². The highest BCUT2D eigenvalue weighted by molar-refractivity contribution is 9.10. The molecule has 4 rings (SSSR count). The Morgan fingerprint density at radius 2 is 1.84 bits per heavy atom. The molecule has 0 saturated carbocycles. The summed E-state index contributed by atoms with van der Waals surface area (Å²) in [6.07, 6.45) is -2.70. The summed E-state index contributed by atoms with van der Waals surface area (Å²) in [7, 11) is -4.12. The minimum absolute atomic E-state index is 0.213. The molecule has 164 valence electrons. The lowest BCUT2D eigenvalue weighted by Crippen LogP contribution is -2.47. The fourth-order valence-electron chi connectivity index (χ4n) is 4.54. The molecule has 2 aliphatic heterocycles. The van der Waals surface area contributed by atoms with E-state index in [4.69, 9.17) is 11.1 Å². The molecule has 0 aliphatic carbocycles. The van der Waals surface area contributed by atoms with Gasteiger partial charge in [0, 0.05) is 40.3 Å². The second kappa shape index (κ2) is 7.75. The van der Waals surface area contributed by atoms with Gasteiger partial charge in [-0.15, -0.1) is 0 Å². The fourth-order valence-corrected chi connectivity index (χ4v) is 6.79. The van der Waals surface area contributed by atoms with Crippen LogP contribution in [0.1, 0.15) is 29.9 Å². The van der Waals surface area contributed by atoms with E-state index in [1.165, 1.54) is 4.31 Å². The van der Waals surface area contributed by atoms with Crippen molar-refractivity contribution in [2.45, 2.75) is 41.9 Å². The van der Waals surface area contributed by atoms with Gasteiger partial charge < -0.3 is 11.1 Å². The lowest BCUT2D eigenvalue weighted by molar-refractivity contribution is -0.137. The van der Waals surface area contributed by atoms with Crippen molar-refractivity contribution in [2.24, 2.45) is 5.73 Å². The zero-order valence-electron chi connectivity index (χ0n) is 16.1. The van der Waals surface area contributed by atoms with Gasteiger partial charge in [-0.05, 0) is 48.4 Å². The van der Waals surface area contributed by atoms with Crippen LogP contribution in [-0.2, 0) is 16.2 Å². The molecular formula is C21H19BrF3N3O2S. The van der Waals surface area contributed by atoms with E-state index in [1.807, 2.05) is 24.3 Å². The van der Waals surface area contributed by atoms with Gasteiger partial charge >= 0.3 is 6.18 Å². The number of fused-ring (bicyclic) bond motifs is 2. The third-order valence-corrected chi connectivity index (χ3v) is 8.32. The SMILES string of the molecule is N=CC1=C(N)CC2CC(c3cccc(Br)c3)C1N2S(=O)(=O)c1ccc(C(F)(F)F)cc1. The number of nitrogens with zero attached hydrogens (tertiary/aromatic N) is 1. The fraction of sp³-hybridized carbons (Fsp3) is 0.286. The molecule has 2 aromatic carbocycles. The Bertz CT molecular complexity index is 1160. The summed E-state index contributed by atoms with van der Waals surface area (Å²) in [6.45, 7) is 0. The van der Waals surface area contributed by atoms with E-state index in [2.05, 4.69) is 15.9 Å². The second-order valence-electron chi connectivity index (χ2n) is 7.68. The standard InChI is InChI=1S/C21H19BrF3N3O2S/c22-14-3-1-2-12(8-14)17-9-15-10-19(27)18(11-26)20(17)28(15)31(29,30)16-6-4-13(5-7-16)21(23,24)25/h1-8,11,15,17,20,26H,9-10,27H2. The number of sulfonamides is 1. The molecule has 2 heterocycles. The van der Waals surface area contributed by atoms with Gasteiger partial charge in [0.15, 0.2) is 0 Å². The Kier molecular flexibility index (Phi) is 5.51. The molecule has 3 N–H and O–H groups in total. The average molecular weight is 514 g/mol. The van der Waals surface area contributed by atoms with Crippen molar-refractivity contribution in [2.75, 3.05) is 0 Å². The van der Waals surface area contributed by atoms with Gasteiger partial charge in [0.1, 0.15) is 0 Å². The van der Waals surface area contributed by atoms with Gasteiger partial charge in [0.2, 0.25) is 10.0 Å². The number of halogens is 4. The zero-order chi connectivity index (χ0) is 22.6. The van der Waals surface area contributed by atoms with Crippen molar-refractivity contribution in [1.82, 2.24) is 4.31 Å². The molecule has 10 heteroatoms. The number of nitrogens with two attached hydrogens (primary N) is 1. The van der Waals surface area contributed by atoms with Crippen LogP contribution < -0.4 is 5.73 Å². The van der Waals surface area contributed by atoms with E-state index >= 15 is 0 Å². The highest BCUT2D eigenvalue weighted by atomic mass is 79.9. The van der Waals surface area contributed by atoms with Crippen LogP contribution in [0.4, 0.5) is 13.2 Å². The van der Waals surface area contributed by atoms with E-state index in [0.717, 1.165) is 40.5 Å². The maximum atomic E-state index is 13.5. The van der Waals surface area contributed by atoms with Crippen molar-refractivity contribution in [1.29, 1.82) is 5.41 Å². The van der Waals surface area contributed by atoms with Gasteiger partial charge in [-0.3, -0.25) is 0 Å². The molecule has 1 fully saturated rings. The monoisotopic (exact) mass is 513 g/mol. The lowest BCUT2D eigenvalue weighted by Gasteiger charge is -2.36. The van der Waals surface area contributed by atoms with E-state index in [0.29, 0.717) is 17.7 Å². The maximum Gasteiger partial charge on any atom is 0.416 e. The molecule has 2 aromatic rings. The first kappa shape index (κ1) is 22.0. The van der Waals surface area contributed by atoms with Crippen LogP contribution in [0.25, 0.3) is 0 Å². The van der Waals surface area contributed by atoms with E-state index in [-0.39, 0.29) is 17.2 Å². The summed E-state index contributed by atoms with van der Waals surface area (Å²) >= 11 is 3.43. The van der Waals surface area contributed by atoms with Crippen molar-refractivity contribution in [3.05, 3.63) is 75.4 Å². The maximum absolute atomic E-state index is 13.5. The molecule has 3 atom stereocenters. The molecule has 3 unspecified atom stereocenters. The number of hydrogen-bond acceptors (Lipinski definition) is 4. The van der Waals surface area contributed by atoms with Crippen LogP contribution in [0.5, 0.6) is 0 Å². The van der Waals surface area contributed by atoms with Crippen molar-refractivity contribution >= 4 is 32.2 Å². The minimum Gasteiger partial charge on any atom is -0.402 e. The third kappa shape index (κ3) is 3.81. The molecule has 31 heavy (non-hydrogen) atoms. The molecule has 2 aliphatic rings. The Morgan fingerprint density at radius 3 is 2.42 bits per heavy atom. The van der Waals surface area contributed by atoms with Gasteiger partial charge in [-0.2, -0.15) is 17.5 Å². The number of nitrogens with one attached hydrogen (secondary N) is 1. The first-order chi connectivity index (χ1) is 14.5. The first-order valence-electron chi connectivity index (χ1n) is 9.49. The molecule has 0 aromatic heterocycles. The number of hydrogen-bond donors (Lipinski definition) is 2. The van der Waals surface area contributed by atoms with Crippen LogP contribution in [-0.4, -0.2) is 31.0 Å². The van der Waals surface area contributed by atoms with Gasteiger partial charge in [0.05, 0.1) is 16.5 Å². The normalized spacial score (nSPS) is 24.5. The topological polar surface area (TPSA) is 87.2 Å². The average Bonchev–Trinajstić information content (AvgIpc) is 3.00. The van der Waals surface area contributed by atoms with Crippen LogP contribution in [0.15, 0.2) is 69.2 Å². The second-order valence-corrected chi connectivity index (χ2v) is 10.4. The summed E-state index contributed by atoms with van der Waals surface area (Å²) in [5, 5.41) is 7.85. The summed E-state index contributed by atoms with van der Waals surface area (Å²) in [5.74, 6) is -0.232. The van der Waals surface area contributed by atoms with Crippen LogP contribution in [0.2, 0.25) is 0 Å². The van der Waals surface area contributed by atoms with Crippen molar-refractivity contribution < 1.29 is 21.6 Å². The Labute approximate surface area is 186 Å². The summed E-state index contributed by atoms with van der Waals surface area (Å²) < 4.78 is 67.9. The predicted molar refractivity (Wildman–Crippen MR) is 114 cm³/mol. The van der Waals surface area contributed by atoms with E-state index in [1.54, 1.807) is 0 Å². The molecule has 0 radical (unpaired) electrons. The van der Waals surface area contributed by atoms with Gasteiger partial charge in [0.25, 0.3) is 0 Å². The summed E-state index contributed by atoms with van der Waals surface area (Å²) in [5.41, 5.74) is 7.06. The van der Waals surface area contributed by atoms with Gasteiger partial charge in [-0.1, -0.05) is 28.1 Å². The first-order valence-corrected chi connectivity index (χ1v) is 11.7. The summed E-state index contributed by atoms with van der Waals surface area (Å²) in [6, 6.07) is 9.90. The van der Waals surface area contributed by atoms with Crippen LogP contribution in [0, 0.1) is 5.41 Å². The Morgan fingerprint density at radius 1 is 1.16 bits per heavy atom. The zero-order valence-corrected chi connectivity index (χ0v) is 18.5. The molecule has 0 amide bonds. The van der Waals surface area contributed by atoms with Gasteiger partial charge in [-0.25, -0.2) is 8.42 Å². The lowest BCUT2D eigenvalue weighted by atomic mass is 9.88. The van der Waals surface area contributed by atoms with Crippen molar-refractivity contribution in [3.8, 4) is 0 Å². The summed E-state index contributed by atoms with van der Waals surface area (Å²) in [4.78, 5) is -0.213.